The first kappa shape index (κ1) is 17.6. The molecule has 1 fully saturated rings. The number of amides is 1. The van der Waals surface area contributed by atoms with Gasteiger partial charge in [0.05, 0.1) is 12.1 Å². The van der Waals surface area contributed by atoms with Gasteiger partial charge in [0.2, 0.25) is 0 Å². The standard InChI is InChI=1S/C19H25FN4O/c1-3-16-14-22(9-11-23-8-4-7-21-23)10-12-24(16)19(25)17-13-15(2)5-6-18(17)20/h4-8,13,16H,3,9-12,14H2,1-2H3. The van der Waals surface area contributed by atoms with Gasteiger partial charge in [-0.2, -0.15) is 5.10 Å². The number of carbonyl (C=O) groups excluding carboxylic acids is 1. The lowest BCUT2D eigenvalue weighted by Gasteiger charge is -2.41. The fourth-order valence-corrected chi connectivity index (χ4v) is 3.37. The molecule has 1 atom stereocenters. The van der Waals surface area contributed by atoms with E-state index in [0.717, 1.165) is 38.2 Å². The Labute approximate surface area is 148 Å². The number of aromatic nitrogens is 2. The maximum atomic E-state index is 14.1. The molecule has 2 heterocycles. The van der Waals surface area contributed by atoms with Crippen molar-refractivity contribution in [1.29, 1.82) is 0 Å². The van der Waals surface area contributed by atoms with E-state index < -0.39 is 5.82 Å². The molecule has 1 aromatic carbocycles. The second-order valence-electron chi connectivity index (χ2n) is 6.61. The van der Waals surface area contributed by atoms with Gasteiger partial charge in [0.1, 0.15) is 5.82 Å². The average Bonchev–Trinajstić information content (AvgIpc) is 3.14. The normalized spacial score (nSPS) is 18.5. The van der Waals surface area contributed by atoms with Crippen molar-refractivity contribution in [2.24, 2.45) is 0 Å². The molecule has 1 amide bonds. The second-order valence-corrected chi connectivity index (χ2v) is 6.61. The number of benzene rings is 1. The van der Waals surface area contributed by atoms with Crippen LogP contribution in [0.2, 0.25) is 0 Å². The van der Waals surface area contributed by atoms with Gasteiger partial charge in [-0.1, -0.05) is 18.6 Å². The molecule has 1 aromatic heterocycles. The van der Waals surface area contributed by atoms with Gasteiger partial charge < -0.3 is 4.90 Å². The summed E-state index contributed by atoms with van der Waals surface area (Å²) >= 11 is 0. The van der Waals surface area contributed by atoms with Gasteiger partial charge >= 0.3 is 0 Å². The largest absolute Gasteiger partial charge is 0.333 e. The highest BCUT2D eigenvalue weighted by atomic mass is 19.1. The predicted octanol–water partition coefficient (Wildman–Crippen LogP) is 2.57. The highest BCUT2D eigenvalue weighted by Gasteiger charge is 2.30. The summed E-state index contributed by atoms with van der Waals surface area (Å²) in [4.78, 5) is 17.0. The predicted molar refractivity (Wildman–Crippen MR) is 94.9 cm³/mol. The molecule has 0 spiro atoms. The van der Waals surface area contributed by atoms with E-state index in [-0.39, 0.29) is 17.5 Å². The number of nitrogens with zero attached hydrogens (tertiary/aromatic N) is 4. The molecule has 0 radical (unpaired) electrons. The molecule has 25 heavy (non-hydrogen) atoms. The lowest BCUT2D eigenvalue weighted by atomic mass is 10.0. The van der Waals surface area contributed by atoms with Crippen LogP contribution in [-0.2, 0) is 6.54 Å². The molecular formula is C19H25FN4O. The lowest BCUT2D eigenvalue weighted by Crippen LogP contribution is -2.55. The SMILES string of the molecule is CCC1CN(CCn2cccn2)CCN1C(=O)c1cc(C)ccc1F. The Kier molecular flexibility index (Phi) is 5.48. The van der Waals surface area contributed by atoms with Gasteiger partial charge in [0.25, 0.3) is 5.91 Å². The van der Waals surface area contributed by atoms with Crippen molar-refractivity contribution in [1.82, 2.24) is 19.6 Å². The monoisotopic (exact) mass is 344 g/mol. The summed E-state index contributed by atoms with van der Waals surface area (Å²) in [5, 5.41) is 4.22. The molecule has 6 heteroatoms. The first-order chi connectivity index (χ1) is 12.1. The first-order valence-corrected chi connectivity index (χ1v) is 8.85. The minimum atomic E-state index is -0.438. The average molecular weight is 344 g/mol. The van der Waals surface area contributed by atoms with Crippen LogP contribution in [0.15, 0.2) is 36.7 Å². The summed E-state index contributed by atoms with van der Waals surface area (Å²) in [6.45, 7) is 7.94. The summed E-state index contributed by atoms with van der Waals surface area (Å²) < 4.78 is 16.0. The quantitative estimate of drug-likeness (QED) is 0.837. The number of carbonyl (C=O) groups is 1. The van der Waals surface area contributed by atoms with E-state index in [1.807, 2.05) is 28.8 Å². The minimum absolute atomic E-state index is 0.110. The summed E-state index contributed by atoms with van der Waals surface area (Å²) in [6, 6.07) is 6.75. The molecule has 0 N–H and O–H groups in total. The third-order valence-corrected chi connectivity index (χ3v) is 4.86. The molecule has 0 bridgehead atoms. The van der Waals surface area contributed by atoms with Crippen molar-refractivity contribution in [3.8, 4) is 0 Å². The van der Waals surface area contributed by atoms with E-state index >= 15 is 0 Å². The summed E-state index contributed by atoms with van der Waals surface area (Å²) in [6.07, 6.45) is 4.59. The zero-order valence-corrected chi connectivity index (χ0v) is 14.9. The highest BCUT2D eigenvalue weighted by Crippen LogP contribution is 2.19. The maximum Gasteiger partial charge on any atom is 0.257 e. The van der Waals surface area contributed by atoms with Crippen molar-refractivity contribution >= 4 is 5.91 Å². The third kappa shape index (κ3) is 4.07. The zero-order valence-electron chi connectivity index (χ0n) is 14.9. The Hall–Kier alpha value is -2.21. The number of piperazine rings is 1. The van der Waals surface area contributed by atoms with Crippen molar-refractivity contribution < 1.29 is 9.18 Å². The number of hydrogen-bond donors (Lipinski definition) is 0. The fraction of sp³-hybridized carbons (Fsp3) is 0.474. The highest BCUT2D eigenvalue weighted by molar-refractivity contribution is 5.95. The van der Waals surface area contributed by atoms with Crippen molar-refractivity contribution in [2.45, 2.75) is 32.9 Å². The second kappa shape index (κ2) is 7.78. The van der Waals surface area contributed by atoms with Crippen molar-refractivity contribution in [3.63, 3.8) is 0 Å². The number of halogens is 1. The lowest BCUT2D eigenvalue weighted by molar-refractivity contribution is 0.0433. The molecule has 1 saturated heterocycles. The van der Waals surface area contributed by atoms with Crippen LogP contribution in [0.3, 0.4) is 0 Å². The van der Waals surface area contributed by atoms with E-state index in [0.29, 0.717) is 6.54 Å². The van der Waals surface area contributed by atoms with Crippen molar-refractivity contribution in [2.75, 3.05) is 26.2 Å². The Morgan fingerprint density at radius 2 is 2.16 bits per heavy atom. The van der Waals surface area contributed by atoms with Crippen LogP contribution in [0.1, 0.15) is 29.3 Å². The molecule has 3 rings (SSSR count). The molecule has 5 nitrogen and oxygen atoms in total. The number of aryl methyl sites for hydroxylation is 1. The molecule has 0 aliphatic carbocycles. The van der Waals surface area contributed by atoms with E-state index in [4.69, 9.17) is 0 Å². The number of hydrogen-bond acceptors (Lipinski definition) is 3. The smallest absolute Gasteiger partial charge is 0.257 e. The van der Waals surface area contributed by atoms with E-state index in [2.05, 4.69) is 16.9 Å². The van der Waals surface area contributed by atoms with Crippen LogP contribution in [0, 0.1) is 12.7 Å². The fourth-order valence-electron chi connectivity index (χ4n) is 3.37. The van der Waals surface area contributed by atoms with Gasteiger partial charge in [-0.05, 0) is 31.5 Å². The Morgan fingerprint density at radius 3 is 2.88 bits per heavy atom. The van der Waals surface area contributed by atoms with Crippen LogP contribution in [0.5, 0.6) is 0 Å². The Balaban J connectivity index is 1.65. The summed E-state index contributed by atoms with van der Waals surface area (Å²) in [7, 11) is 0. The van der Waals surface area contributed by atoms with Crippen molar-refractivity contribution in [3.05, 3.63) is 53.6 Å². The van der Waals surface area contributed by atoms with Crippen LogP contribution in [0.25, 0.3) is 0 Å². The zero-order chi connectivity index (χ0) is 17.8. The summed E-state index contributed by atoms with van der Waals surface area (Å²) in [5.41, 5.74) is 1.08. The molecule has 1 aliphatic rings. The third-order valence-electron chi connectivity index (χ3n) is 4.86. The molecule has 2 aromatic rings. The molecule has 1 unspecified atom stereocenters. The van der Waals surface area contributed by atoms with Gasteiger partial charge in [0.15, 0.2) is 0 Å². The van der Waals surface area contributed by atoms with Gasteiger partial charge in [-0.25, -0.2) is 4.39 Å². The molecule has 134 valence electrons. The van der Waals surface area contributed by atoms with Gasteiger partial charge in [-0.3, -0.25) is 14.4 Å². The topological polar surface area (TPSA) is 41.4 Å². The van der Waals surface area contributed by atoms with Crippen LogP contribution < -0.4 is 0 Å². The van der Waals surface area contributed by atoms with Crippen LogP contribution in [-0.4, -0.2) is 57.7 Å². The molecular weight excluding hydrogens is 319 g/mol. The Bertz CT molecular complexity index is 716. The van der Waals surface area contributed by atoms with Gasteiger partial charge in [-0.15, -0.1) is 0 Å². The van der Waals surface area contributed by atoms with E-state index in [9.17, 15) is 9.18 Å². The molecule has 1 aliphatic heterocycles. The van der Waals surface area contributed by atoms with E-state index in [1.165, 1.54) is 6.07 Å². The minimum Gasteiger partial charge on any atom is -0.333 e. The maximum absolute atomic E-state index is 14.1. The summed E-state index contributed by atoms with van der Waals surface area (Å²) in [5.74, 6) is -0.633. The first-order valence-electron chi connectivity index (χ1n) is 8.85. The van der Waals surface area contributed by atoms with Crippen LogP contribution >= 0.6 is 0 Å². The van der Waals surface area contributed by atoms with Crippen LogP contribution in [0.4, 0.5) is 4.39 Å². The number of rotatable bonds is 5. The Morgan fingerprint density at radius 1 is 1.32 bits per heavy atom. The molecule has 0 saturated carbocycles. The van der Waals surface area contributed by atoms with Gasteiger partial charge in [0, 0.05) is 44.6 Å². The van der Waals surface area contributed by atoms with E-state index in [1.54, 1.807) is 18.3 Å².